The summed E-state index contributed by atoms with van der Waals surface area (Å²) in [6.07, 6.45) is -1.11. The first-order valence-electron chi connectivity index (χ1n) is 4.82. The normalized spacial score (nSPS) is 22.9. The topological polar surface area (TPSA) is 93.5 Å². The third-order valence-electron chi connectivity index (χ3n) is 1.91. The second-order valence-electron chi connectivity index (χ2n) is 4.59. The number of rotatable bonds is 2. The lowest BCUT2D eigenvalue weighted by Crippen LogP contribution is -2.54. The standard InChI is InChI=1S/C9H17N3O3/c1-9(2,3)12-7(13)6(10)5-4-11-8(14)15-5/h5-6H,4,10H2,1-3H3,(H,11,14)(H,12,13). The Morgan fingerprint density at radius 1 is 1.67 bits per heavy atom. The molecular formula is C9H17N3O3. The zero-order valence-electron chi connectivity index (χ0n) is 9.16. The summed E-state index contributed by atoms with van der Waals surface area (Å²) in [4.78, 5) is 22.3. The summed E-state index contributed by atoms with van der Waals surface area (Å²) in [5.74, 6) is -0.316. The van der Waals surface area contributed by atoms with E-state index in [4.69, 9.17) is 10.5 Å². The zero-order valence-corrected chi connectivity index (χ0v) is 9.16. The maximum atomic E-state index is 11.6. The van der Waals surface area contributed by atoms with Crippen molar-refractivity contribution >= 4 is 12.0 Å². The van der Waals surface area contributed by atoms with Crippen molar-refractivity contribution < 1.29 is 14.3 Å². The predicted octanol–water partition coefficient (Wildman–Crippen LogP) is -0.663. The molecule has 6 nitrogen and oxygen atoms in total. The number of hydrogen-bond acceptors (Lipinski definition) is 4. The molecule has 86 valence electrons. The van der Waals surface area contributed by atoms with Crippen LogP contribution in [0.15, 0.2) is 0 Å². The molecule has 0 radical (unpaired) electrons. The molecule has 0 aromatic carbocycles. The second-order valence-corrected chi connectivity index (χ2v) is 4.59. The molecule has 0 saturated carbocycles. The van der Waals surface area contributed by atoms with E-state index >= 15 is 0 Å². The lowest BCUT2D eigenvalue weighted by Gasteiger charge is -2.24. The molecule has 6 heteroatoms. The van der Waals surface area contributed by atoms with Crippen LogP contribution in [0.25, 0.3) is 0 Å². The van der Waals surface area contributed by atoms with Crippen LogP contribution in [-0.2, 0) is 9.53 Å². The van der Waals surface area contributed by atoms with E-state index in [-0.39, 0.29) is 18.0 Å². The van der Waals surface area contributed by atoms with Crippen LogP contribution in [-0.4, -0.2) is 36.2 Å². The average molecular weight is 215 g/mol. The fourth-order valence-corrected chi connectivity index (χ4v) is 1.23. The molecule has 0 aliphatic carbocycles. The summed E-state index contributed by atoms with van der Waals surface area (Å²) < 4.78 is 4.82. The molecule has 0 spiro atoms. The van der Waals surface area contributed by atoms with E-state index < -0.39 is 18.2 Å². The lowest BCUT2D eigenvalue weighted by atomic mass is 10.1. The Hall–Kier alpha value is -1.30. The molecule has 1 heterocycles. The number of cyclic esters (lactones) is 1. The Morgan fingerprint density at radius 2 is 2.27 bits per heavy atom. The van der Waals surface area contributed by atoms with Crippen molar-refractivity contribution in [1.82, 2.24) is 10.6 Å². The van der Waals surface area contributed by atoms with Gasteiger partial charge in [0.1, 0.15) is 12.1 Å². The fraction of sp³-hybridized carbons (Fsp3) is 0.778. The molecule has 2 amide bonds. The van der Waals surface area contributed by atoms with E-state index in [1.54, 1.807) is 0 Å². The molecular weight excluding hydrogens is 198 g/mol. The smallest absolute Gasteiger partial charge is 0.407 e. The van der Waals surface area contributed by atoms with Gasteiger partial charge in [0, 0.05) is 5.54 Å². The van der Waals surface area contributed by atoms with Crippen LogP contribution < -0.4 is 16.4 Å². The molecule has 4 N–H and O–H groups in total. The first kappa shape index (κ1) is 11.8. The molecule has 15 heavy (non-hydrogen) atoms. The Balaban J connectivity index is 2.50. The Labute approximate surface area is 88.5 Å². The predicted molar refractivity (Wildman–Crippen MR) is 54.1 cm³/mol. The molecule has 1 saturated heterocycles. The van der Waals surface area contributed by atoms with Crippen molar-refractivity contribution in [3.8, 4) is 0 Å². The number of carbonyl (C=O) groups is 2. The van der Waals surface area contributed by atoms with Crippen LogP contribution >= 0.6 is 0 Å². The number of carbonyl (C=O) groups excluding carboxylic acids is 2. The van der Waals surface area contributed by atoms with Crippen molar-refractivity contribution in [3.63, 3.8) is 0 Å². The molecule has 0 aromatic heterocycles. The van der Waals surface area contributed by atoms with Gasteiger partial charge >= 0.3 is 6.09 Å². The third-order valence-corrected chi connectivity index (χ3v) is 1.91. The lowest BCUT2D eigenvalue weighted by molar-refractivity contribution is -0.125. The van der Waals surface area contributed by atoms with Crippen molar-refractivity contribution in [2.24, 2.45) is 5.73 Å². The van der Waals surface area contributed by atoms with Crippen molar-refractivity contribution in [2.45, 2.75) is 38.5 Å². The quantitative estimate of drug-likeness (QED) is 0.570. The van der Waals surface area contributed by atoms with Crippen LogP contribution in [0.5, 0.6) is 0 Å². The number of nitrogens with one attached hydrogen (secondary N) is 2. The van der Waals surface area contributed by atoms with Crippen LogP contribution in [0.2, 0.25) is 0 Å². The Kier molecular flexibility index (Phi) is 3.18. The van der Waals surface area contributed by atoms with Gasteiger partial charge in [-0.2, -0.15) is 0 Å². The monoisotopic (exact) mass is 215 g/mol. The molecule has 1 aliphatic heterocycles. The second kappa shape index (κ2) is 4.06. The van der Waals surface area contributed by atoms with E-state index in [0.29, 0.717) is 0 Å². The van der Waals surface area contributed by atoms with E-state index in [9.17, 15) is 9.59 Å². The van der Waals surface area contributed by atoms with E-state index in [1.807, 2.05) is 20.8 Å². The maximum absolute atomic E-state index is 11.6. The minimum Gasteiger partial charge on any atom is -0.442 e. The average Bonchev–Trinajstić information content (AvgIpc) is 2.47. The number of alkyl carbamates (subject to hydrolysis) is 1. The largest absolute Gasteiger partial charge is 0.442 e. The first-order chi connectivity index (χ1) is 6.79. The molecule has 1 rings (SSSR count). The van der Waals surface area contributed by atoms with Crippen LogP contribution in [0.1, 0.15) is 20.8 Å². The molecule has 0 aromatic rings. The highest BCUT2D eigenvalue weighted by molar-refractivity contribution is 5.84. The van der Waals surface area contributed by atoms with Crippen LogP contribution in [0.4, 0.5) is 4.79 Å². The number of nitrogens with two attached hydrogens (primary N) is 1. The van der Waals surface area contributed by atoms with Gasteiger partial charge in [-0.05, 0) is 20.8 Å². The van der Waals surface area contributed by atoms with Gasteiger partial charge in [-0.1, -0.05) is 0 Å². The number of amides is 2. The fourth-order valence-electron chi connectivity index (χ4n) is 1.23. The van der Waals surface area contributed by atoms with Gasteiger partial charge in [0.15, 0.2) is 0 Å². The SMILES string of the molecule is CC(C)(C)NC(=O)C(N)C1CNC(=O)O1. The van der Waals surface area contributed by atoms with Crippen LogP contribution in [0.3, 0.4) is 0 Å². The molecule has 2 unspecified atom stereocenters. The van der Waals surface area contributed by atoms with E-state index in [0.717, 1.165) is 0 Å². The number of hydrogen-bond donors (Lipinski definition) is 3. The van der Waals surface area contributed by atoms with Gasteiger partial charge in [-0.3, -0.25) is 4.79 Å². The van der Waals surface area contributed by atoms with Gasteiger partial charge in [0.25, 0.3) is 0 Å². The van der Waals surface area contributed by atoms with Gasteiger partial charge in [-0.25, -0.2) is 4.79 Å². The van der Waals surface area contributed by atoms with Gasteiger partial charge in [0.05, 0.1) is 6.54 Å². The maximum Gasteiger partial charge on any atom is 0.407 e. The van der Waals surface area contributed by atoms with Crippen molar-refractivity contribution in [3.05, 3.63) is 0 Å². The highest BCUT2D eigenvalue weighted by Crippen LogP contribution is 2.06. The minimum absolute atomic E-state index is 0.275. The Bertz CT molecular complexity index is 272. The summed E-state index contributed by atoms with van der Waals surface area (Å²) in [6.45, 7) is 5.85. The van der Waals surface area contributed by atoms with Gasteiger partial charge < -0.3 is 21.1 Å². The van der Waals surface area contributed by atoms with Gasteiger partial charge in [-0.15, -0.1) is 0 Å². The molecule has 0 bridgehead atoms. The summed E-state index contributed by atoms with van der Waals surface area (Å²) in [5, 5.41) is 5.17. The molecule has 2 atom stereocenters. The molecule has 1 aliphatic rings. The summed E-state index contributed by atoms with van der Waals surface area (Å²) in [7, 11) is 0. The number of ether oxygens (including phenoxy) is 1. The van der Waals surface area contributed by atoms with Crippen LogP contribution in [0, 0.1) is 0 Å². The third kappa shape index (κ3) is 3.39. The minimum atomic E-state index is -0.830. The van der Waals surface area contributed by atoms with Crippen molar-refractivity contribution in [2.75, 3.05) is 6.54 Å². The van der Waals surface area contributed by atoms with Crippen molar-refractivity contribution in [1.29, 1.82) is 0 Å². The molecule has 1 fully saturated rings. The highest BCUT2D eigenvalue weighted by atomic mass is 16.6. The highest BCUT2D eigenvalue weighted by Gasteiger charge is 2.33. The first-order valence-corrected chi connectivity index (χ1v) is 4.82. The summed E-state index contributed by atoms with van der Waals surface area (Å²) in [6, 6.07) is -0.830. The Morgan fingerprint density at radius 3 is 2.67 bits per heavy atom. The van der Waals surface area contributed by atoms with E-state index in [1.165, 1.54) is 0 Å². The van der Waals surface area contributed by atoms with E-state index in [2.05, 4.69) is 10.6 Å². The zero-order chi connectivity index (χ0) is 11.6. The van der Waals surface area contributed by atoms with Gasteiger partial charge in [0.2, 0.25) is 5.91 Å². The summed E-state index contributed by atoms with van der Waals surface area (Å²) >= 11 is 0. The summed E-state index contributed by atoms with van der Waals surface area (Å²) in [5.41, 5.74) is 5.32.